The molecule has 0 saturated heterocycles. The molecule has 2 nitrogen and oxygen atoms in total. The molecule has 0 fully saturated rings. The average Bonchev–Trinajstić information content (AvgIpc) is 2.74. The molecule has 0 unspecified atom stereocenters. The second-order valence-electron chi connectivity index (χ2n) is 6.71. The summed E-state index contributed by atoms with van der Waals surface area (Å²) in [4.78, 5) is 0. The van der Waals surface area contributed by atoms with Crippen LogP contribution in [-0.4, -0.2) is 18.3 Å². The van der Waals surface area contributed by atoms with Gasteiger partial charge in [0.1, 0.15) is 12.4 Å². The minimum Gasteiger partial charge on any atom is -0.491 e. The van der Waals surface area contributed by atoms with Gasteiger partial charge in [0.25, 0.3) is 0 Å². The van der Waals surface area contributed by atoms with Gasteiger partial charge in [-0.05, 0) is 59.2 Å². The van der Waals surface area contributed by atoms with Crippen LogP contribution in [0.5, 0.6) is 5.75 Å². The van der Waals surface area contributed by atoms with Gasteiger partial charge in [-0.3, -0.25) is 0 Å². The average molecular weight is 360 g/mol. The zero-order valence-electron chi connectivity index (χ0n) is 16.0. The highest BCUT2D eigenvalue weighted by atomic mass is 16.5. The molecular formula is C25H28O2. The largest absolute Gasteiger partial charge is 0.491 e. The van der Waals surface area contributed by atoms with Crippen molar-refractivity contribution in [2.45, 2.75) is 32.6 Å². The van der Waals surface area contributed by atoms with Crippen molar-refractivity contribution in [2.24, 2.45) is 0 Å². The fraction of sp³-hybridized carbons (Fsp3) is 0.280. The van der Waals surface area contributed by atoms with Crippen molar-refractivity contribution >= 4 is 11.1 Å². The minimum atomic E-state index is 0.0270. The number of aliphatic hydroxyl groups is 1. The molecule has 0 aromatic heterocycles. The second kappa shape index (κ2) is 9.94. The van der Waals surface area contributed by atoms with Gasteiger partial charge >= 0.3 is 0 Å². The Balaban J connectivity index is 2.10. The van der Waals surface area contributed by atoms with Gasteiger partial charge in [-0.15, -0.1) is 0 Å². The Morgan fingerprint density at radius 3 is 2.37 bits per heavy atom. The van der Waals surface area contributed by atoms with Gasteiger partial charge in [-0.25, -0.2) is 0 Å². The summed E-state index contributed by atoms with van der Waals surface area (Å²) in [6, 6.07) is 18.9. The van der Waals surface area contributed by atoms with Crippen molar-refractivity contribution in [1.29, 1.82) is 0 Å². The summed E-state index contributed by atoms with van der Waals surface area (Å²) in [5.74, 6) is 0.789. The minimum absolute atomic E-state index is 0.0270. The Morgan fingerprint density at radius 1 is 0.963 bits per heavy atom. The summed E-state index contributed by atoms with van der Waals surface area (Å²) < 4.78 is 5.53. The maximum atomic E-state index is 8.95. The predicted octanol–water partition coefficient (Wildman–Crippen LogP) is 6.05. The molecule has 3 rings (SSSR count). The van der Waals surface area contributed by atoms with E-state index < -0.39 is 0 Å². The molecule has 1 aliphatic rings. The molecule has 0 amide bonds. The van der Waals surface area contributed by atoms with Crippen molar-refractivity contribution < 1.29 is 9.84 Å². The molecule has 140 valence electrons. The lowest BCUT2D eigenvalue weighted by Crippen LogP contribution is -2.02. The van der Waals surface area contributed by atoms with Crippen LogP contribution >= 0.6 is 0 Å². The number of ether oxygens (including phenoxy) is 1. The van der Waals surface area contributed by atoms with Gasteiger partial charge in [-0.1, -0.05) is 74.0 Å². The quantitative estimate of drug-likeness (QED) is 0.581. The molecule has 27 heavy (non-hydrogen) atoms. The maximum absolute atomic E-state index is 8.95. The second-order valence-corrected chi connectivity index (χ2v) is 6.71. The summed E-state index contributed by atoms with van der Waals surface area (Å²) in [5.41, 5.74) is 6.50. The molecule has 0 atom stereocenters. The lowest BCUT2D eigenvalue weighted by molar-refractivity contribution is 0.201. The van der Waals surface area contributed by atoms with Crippen molar-refractivity contribution in [1.82, 2.24) is 0 Å². The first-order valence-corrected chi connectivity index (χ1v) is 9.83. The van der Waals surface area contributed by atoms with Gasteiger partial charge in [0, 0.05) is 0 Å². The van der Waals surface area contributed by atoms with E-state index in [4.69, 9.17) is 9.84 Å². The highest BCUT2D eigenvalue weighted by Gasteiger charge is 2.15. The summed E-state index contributed by atoms with van der Waals surface area (Å²) in [5, 5.41) is 8.95. The van der Waals surface area contributed by atoms with Crippen LogP contribution in [0.1, 0.15) is 43.7 Å². The molecule has 0 saturated carbocycles. The van der Waals surface area contributed by atoms with Gasteiger partial charge in [0.05, 0.1) is 6.61 Å². The van der Waals surface area contributed by atoms with Crippen LogP contribution in [-0.2, 0) is 0 Å². The molecule has 0 heterocycles. The molecule has 0 bridgehead atoms. The van der Waals surface area contributed by atoms with E-state index in [1.807, 2.05) is 12.1 Å². The van der Waals surface area contributed by atoms with Crippen molar-refractivity contribution in [3.8, 4) is 5.75 Å². The van der Waals surface area contributed by atoms with E-state index in [1.54, 1.807) is 0 Å². The van der Waals surface area contributed by atoms with E-state index in [2.05, 4.69) is 67.6 Å². The van der Waals surface area contributed by atoms with Crippen molar-refractivity contribution in [2.75, 3.05) is 13.2 Å². The van der Waals surface area contributed by atoms with Crippen LogP contribution in [0.4, 0.5) is 0 Å². The summed E-state index contributed by atoms with van der Waals surface area (Å²) in [7, 11) is 0. The summed E-state index contributed by atoms with van der Waals surface area (Å²) in [6.45, 7) is 2.58. The highest BCUT2D eigenvalue weighted by Crippen LogP contribution is 2.37. The lowest BCUT2D eigenvalue weighted by Gasteiger charge is -2.19. The fourth-order valence-electron chi connectivity index (χ4n) is 3.50. The standard InChI is InChI=1S/C25H28O2/c1-2-9-24(20-10-5-3-6-11-20)25(21-12-7-4-8-13-21)22-14-16-23(17-15-22)27-19-18-26/h3,5-7,10-17,26H,2,4,8-9,18-19H2,1H3/b25-24-. The highest BCUT2D eigenvalue weighted by molar-refractivity contribution is 5.99. The van der Waals surface area contributed by atoms with Gasteiger partial charge in [-0.2, -0.15) is 0 Å². The van der Waals surface area contributed by atoms with E-state index in [0.29, 0.717) is 6.61 Å². The normalized spacial score (nSPS) is 14.5. The third-order valence-electron chi connectivity index (χ3n) is 4.71. The van der Waals surface area contributed by atoms with Crippen molar-refractivity contribution in [3.05, 3.63) is 89.5 Å². The third kappa shape index (κ3) is 4.99. The fourth-order valence-corrected chi connectivity index (χ4v) is 3.50. The molecule has 0 aliphatic heterocycles. The van der Waals surface area contributed by atoms with Crippen LogP contribution in [0.15, 0.2) is 78.4 Å². The predicted molar refractivity (Wildman–Crippen MR) is 114 cm³/mol. The monoisotopic (exact) mass is 360 g/mol. The number of allylic oxidation sites excluding steroid dienone is 6. The topological polar surface area (TPSA) is 29.5 Å². The van der Waals surface area contributed by atoms with E-state index in [9.17, 15) is 0 Å². The van der Waals surface area contributed by atoms with Gasteiger partial charge in [0.2, 0.25) is 0 Å². The molecule has 2 aromatic carbocycles. The molecule has 0 spiro atoms. The van der Waals surface area contributed by atoms with E-state index >= 15 is 0 Å². The van der Waals surface area contributed by atoms with Crippen LogP contribution < -0.4 is 4.74 Å². The molecule has 1 aliphatic carbocycles. The van der Waals surface area contributed by atoms with Gasteiger partial charge < -0.3 is 9.84 Å². The first-order chi connectivity index (χ1) is 13.3. The summed E-state index contributed by atoms with van der Waals surface area (Å²) >= 11 is 0. The Kier molecular flexibility index (Phi) is 7.06. The van der Waals surface area contributed by atoms with E-state index in [0.717, 1.165) is 31.4 Å². The van der Waals surface area contributed by atoms with Crippen LogP contribution in [0.2, 0.25) is 0 Å². The Labute approximate surface area is 162 Å². The Morgan fingerprint density at radius 2 is 1.74 bits per heavy atom. The van der Waals surface area contributed by atoms with Crippen molar-refractivity contribution in [3.63, 3.8) is 0 Å². The zero-order valence-corrected chi connectivity index (χ0v) is 16.0. The SMILES string of the molecule is CCC/C(=C(\C1=CCCC=C1)c1ccc(OCCO)cc1)c1ccccc1. The first kappa shape index (κ1) is 19.2. The Bertz CT molecular complexity index is 811. The number of rotatable bonds is 8. The Hall–Kier alpha value is -2.58. The third-order valence-corrected chi connectivity index (χ3v) is 4.71. The number of hydrogen-bond donors (Lipinski definition) is 1. The lowest BCUT2D eigenvalue weighted by atomic mass is 9.85. The molecule has 0 radical (unpaired) electrons. The van der Waals surface area contributed by atoms with Crippen LogP contribution in [0.25, 0.3) is 11.1 Å². The number of aliphatic hydroxyl groups excluding tert-OH is 1. The zero-order chi connectivity index (χ0) is 18.9. The number of benzene rings is 2. The van der Waals surface area contributed by atoms with Crippen LogP contribution in [0, 0.1) is 0 Å². The maximum Gasteiger partial charge on any atom is 0.119 e. The van der Waals surface area contributed by atoms with E-state index in [-0.39, 0.29) is 6.61 Å². The molecule has 2 aromatic rings. The first-order valence-electron chi connectivity index (χ1n) is 9.83. The van der Waals surface area contributed by atoms with Gasteiger partial charge in [0.15, 0.2) is 0 Å². The molecular weight excluding hydrogens is 332 g/mol. The molecule has 1 N–H and O–H groups in total. The smallest absolute Gasteiger partial charge is 0.119 e. The summed E-state index contributed by atoms with van der Waals surface area (Å²) in [6.07, 6.45) is 11.2. The van der Waals surface area contributed by atoms with E-state index in [1.165, 1.54) is 27.8 Å². The number of hydrogen-bond acceptors (Lipinski definition) is 2. The van der Waals surface area contributed by atoms with Crippen LogP contribution in [0.3, 0.4) is 0 Å². The molecule has 2 heteroatoms.